The maximum Gasteiger partial charge on any atom is 0.573 e. The molecule has 8 heteroatoms. The largest absolute Gasteiger partial charge is 0.573 e. The number of fused-ring (bicyclic) bond motifs is 1. The van der Waals surface area contributed by atoms with Gasteiger partial charge in [0.1, 0.15) is 17.1 Å². The van der Waals surface area contributed by atoms with Crippen LogP contribution in [-0.4, -0.2) is 21.7 Å². The number of amides is 1. The lowest BCUT2D eigenvalue weighted by Gasteiger charge is -2.10. The molecule has 5 nitrogen and oxygen atoms in total. The predicted molar refractivity (Wildman–Crippen MR) is 76.3 cm³/mol. The molecule has 2 aromatic heterocycles. The van der Waals surface area contributed by atoms with E-state index in [1.54, 1.807) is 28.8 Å². The molecular weight excluding hydrogens is 311 g/mol. The van der Waals surface area contributed by atoms with Crippen molar-refractivity contribution in [1.29, 1.82) is 0 Å². The Morgan fingerprint density at radius 3 is 2.74 bits per heavy atom. The first kappa shape index (κ1) is 14.9. The third-order valence-corrected chi connectivity index (χ3v) is 2.92. The van der Waals surface area contributed by atoms with Crippen LogP contribution in [0.2, 0.25) is 0 Å². The van der Waals surface area contributed by atoms with Crippen molar-refractivity contribution in [2.75, 3.05) is 5.32 Å². The summed E-state index contributed by atoms with van der Waals surface area (Å²) in [4.78, 5) is 16.3. The second kappa shape index (κ2) is 5.64. The van der Waals surface area contributed by atoms with Gasteiger partial charge in [0.05, 0.1) is 0 Å². The van der Waals surface area contributed by atoms with Crippen LogP contribution in [0, 0.1) is 0 Å². The molecule has 0 saturated heterocycles. The van der Waals surface area contributed by atoms with Crippen molar-refractivity contribution in [3.05, 3.63) is 60.6 Å². The monoisotopic (exact) mass is 321 g/mol. The Labute approximate surface area is 128 Å². The summed E-state index contributed by atoms with van der Waals surface area (Å²) in [6.07, 6.45) is -1.53. The molecule has 0 bridgehead atoms. The number of pyridine rings is 1. The average molecular weight is 321 g/mol. The Hall–Kier alpha value is -3.03. The van der Waals surface area contributed by atoms with E-state index in [-0.39, 0.29) is 11.4 Å². The number of carbonyl (C=O) groups excluding carboxylic acids is 1. The van der Waals surface area contributed by atoms with Crippen molar-refractivity contribution in [2.24, 2.45) is 0 Å². The van der Waals surface area contributed by atoms with Crippen molar-refractivity contribution in [3.63, 3.8) is 0 Å². The number of halogens is 3. The lowest BCUT2D eigenvalue weighted by atomic mass is 10.3. The molecule has 23 heavy (non-hydrogen) atoms. The highest BCUT2D eigenvalue weighted by atomic mass is 19.4. The molecule has 1 amide bonds. The smallest absolute Gasteiger partial charge is 0.406 e. The predicted octanol–water partition coefficient (Wildman–Crippen LogP) is 3.49. The molecule has 0 radical (unpaired) electrons. The van der Waals surface area contributed by atoms with Gasteiger partial charge in [-0.3, -0.25) is 4.79 Å². The van der Waals surface area contributed by atoms with Gasteiger partial charge in [-0.15, -0.1) is 13.2 Å². The first-order valence-corrected chi connectivity index (χ1v) is 6.52. The zero-order valence-corrected chi connectivity index (χ0v) is 11.5. The Kier molecular flexibility index (Phi) is 3.65. The number of hydrogen-bond donors (Lipinski definition) is 1. The molecule has 1 aromatic carbocycles. The molecule has 3 rings (SSSR count). The number of benzene rings is 1. The fraction of sp³-hybridized carbons (Fsp3) is 0.0667. The maximum absolute atomic E-state index is 12.2. The molecule has 0 unspecified atom stereocenters. The van der Waals surface area contributed by atoms with Crippen LogP contribution in [0.25, 0.3) is 5.65 Å². The normalized spacial score (nSPS) is 11.4. The van der Waals surface area contributed by atoms with Gasteiger partial charge in [0.2, 0.25) is 0 Å². The minimum absolute atomic E-state index is 0.151. The first-order valence-electron chi connectivity index (χ1n) is 6.52. The number of alkyl halides is 3. The second-order valence-electron chi connectivity index (χ2n) is 4.62. The van der Waals surface area contributed by atoms with Crippen LogP contribution in [0.1, 0.15) is 10.5 Å². The topological polar surface area (TPSA) is 55.6 Å². The number of imidazole rings is 1. The van der Waals surface area contributed by atoms with E-state index in [1.165, 1.54) is 18.3 Å². The fourth-order valence-corrected chi connectivity index (χ4v) is 2.01. The van der Waals surface area contributed by atoms with Gasteiger partial charge in [0.15, 0.2) is 0 Å². The van der Waals surface area contributed by atoms with E-state index >= 15 is 0 Å². The Morgan fingerprint density at radius 2 is 2.00 bits per heavy atom. The summed E-state index contributed by atoms with van der Waals surface area (Å²) in [6.45, 7) is 0. The number of carbonyl (C=O) groups is 1. The van der Waals surface area contributed by atoms with Crippen LogP contribution in [0.5, 0.6) is 5.75 Å². The van der Waals surface area contributed by atoms with E-state index in [0.29, 0.717) is 5.65 Å². The van der Waals surface area contributed by atoms with Gasteiger partial charge in [-0.25, -0.2) is 4.98 Å². The van der Waals surface area contributed by atoms with Gasteiger partial charge in [-0.2, -0.15) is 0 Å². The molecule has 118 valence electrons. The highest BCUT2D eigenvalue weighted by molar-refractivity contribution is 6.03. The molecule has 3 aromatic rings. The lowest BCUT2D eigenvalue weighted by molar-refractivity contribution is -0.274. The summed E-state index contributed by atoms with van der Waals surface area (Å²) in [5.74, 6) is -0.942. The summed E-state index contributed by atoms with van der Waals surface area (Å²) >= 11 is 0. The van der Waals surface area contributed by atoms with Crippen LogP contribution in [0.15, 0.2) is 54.9 Å². The van der Waals surface area contributed by atoms with E-state index in [1.807, 2.05) is 0 Å². The summed E-state index contributed by atoms with van der Waals surface area (Å²) in [5.41, 5.74) is 0.916. The maximum atomic E-state index is 12.2. The van der Waals surface area contributed by atoms with E-state index in [4.69, 9.17) is 0 Å². The number of aromatic nitrogens is 2. The van der Waals surface area contributed by atoms with E-state index in [0.717, 1.165) is 12.1 Å². The van der Waals surface area contributed by atoms with Gasteiger partial charge < -0.3 is 14.5 Å². The Balaban J connectivity index is 1.78. The van der Waals surface area contributed by atoms with Crippen LogP contribution in [-0.2, 0) is 0 Å². The minimum atomic E-state index is -4.79. The van der Waals surface area contributed by atoms with Crippen molar-refractivity contribution in [3.8, 4) is 5.75 Å². The second-order valence-corrected chi connectivity index (χ2v) is 4.62. The summed E-state index contributed by atoms with van der Waals surface area (Å²) in [6, 6.07) is 10.3. The van der Waals surface area contributed by atoms with Crippen LogP contribution in [0.3, 0.4) is 0 Å². The number of anilines is 1. The molecule has 2 heterocycles. The fourth-order valence-electron chi connectivity index (χ4n) is 2.01. The highest BCUT2D eigenvalue weighted by Crippen LogP contribution is 2.25. The Morgan fingerprint density at radius 1 is 1.17 bits per heavy atom. The molecule has 0 atom stereocenters. The molecule has 1 N–H and O–H groups in total. The van der Waals surface area contributed by atoms with Crippen molar-refractivity contribution in [2.45, 2.75) is 6.36 Å². The van der Waals surface area contributed by atoms with Gasteiger partial charge in [0, 0.05) is 24.1 Å². The number of nitrogens with one attached hydrogen (secondary N) is 1. The van der Waals surface area contributed by atoms with Crippen molar-refractivity contribution in [1.82, 2.24) is 9.38 Å². The summed E-state index contributed by atoms with van der Waals surface area (Å²) < 4.78 is 42.1. The van der Waals surface area contributed by atoms with E-state index in [9.17, 15) is 18.0 Å². The zero-order valence-electron chi connectivity index (χ0n) is 11.5. The summed E-state index contributed by atoms with van der Waals surface area (Å²) in [7, 11) is 0. The number of rotatable bonds is 3. The third kappa shape index (κ3) is 3.60. The molecule has 0 spiro atoms. The number of nitrogens with zero attached hydrogens (tertiary/aromatic N) is 2. The molecule has 0 aliphatic carbocycles. The highest BCUT2D eigenvalue weighted by Gasteiger charge is 2.31. The third-order valence-electron chi connectivity index (χ3n) is 2.92. The zero-order chi connectivity index (χ0) is 16.4. The Bertz CT molecular complexity index is 825. The van der Waals surface area contributed by atoms with Gasteiger partial charge in [-0.1, -0.05) is 12.1 Å². The standard InChI is InChI=1S/C15H10F3N3O2/c16-15(17,18)23-11-5-3-4-10(8-11)19-14(22)12-9-21-7-2-1-6-13(21)20-12/h1-9H,(H,19,22). The van der Waals surface area contributed by atoms with Crippen molar-refractivity contribution >= 4 is 17.2 Å². The van der Waals surface area contributed by atoms with Crippen molar-refractivity contribution < 1.29 is 22.7 Å². The quantitative estimate of drug-likeness (QED) is 0.803. The molecule has 0 fully saturated rings. The number of ether oxygens (including phenoxy) is 1. The van der Waals surface area contributed by atoms with Gasteiger partial charge >= 0.3 is 6.36 Å². The van der Waals surface area contributed by atoms with E-state index in [2.05, 4.69) is 15.0 Å². The molecule has 0 saturated carbocycles. The van der Waals surface area contributed by atoms with Crippen LogP contribution in [0.4, 0.5) is 18.9 Å². The SMILES string of the molecule is O=C(Nc1cccc(OC(F)(F)F)c1)c1cn2ccccc2n1. The number of hydrogen-bond acceptors (Lipinski definition) is 3. The van der Waals surface area contributed by atoms with Gasteiger partial charge in [0.25, 0.3) is 5.91 Å². The average Bonchev–Trinajstić information content (AvgIpc) is 2.90. The molecule has 0 aliphatic rings. The minimum Gasteiger partial charge on any atom is -0.406 e. The first-order chi connectivity index (χ1) is 10.9. The van der Waals surface area contributed by atoms with Crippen LogP contribution >= 0.6 is 0 Å². The molecular formula is C15H10F3N3O2. The van der Waals surface area contributed by atoms with Gasteiger partial charge in [-0.05, 0) is 24.3 Å². The molecule has 0 aliphatic heterocycles. The summed E-state index contributed by atoms with van der Waals surface area (Å²) in [5, 5.41) is 2.48. The van der Waals surface area contributed by atoms with E-state index < -0.39 is 18.0 Å². The lowest BCUT2D eigenvalue weighted by Crippen LogP contribution is -2.17. The van der Waals surface area contributed by atoms with Crippen LogP contribution < -0.4 is 10.1 Å².